The number of anilines is 1. The summed E-state index contributed by atoms with van der Waals surface area (Å²) in [5.41, 5.74) is 0. The first-order chi connectivity index (χ1) is 7.25. The van der Waals surface area contributed by atoms with Crippen LogP contribution in [0, 0.1) is 12.3 Å². The van der Waals surface area contributed by atoms with Crippen LogP contribution in [0.3, 0.4) is 0 Å². The molecule has 0 aromatic carbocycles. The highest BCUT2D eigenvalue weighted by molar-refractivity contribution is 5.50. The molecule has 0 aliphatic rings. The Bertz CT molecular complexity index is 342. The lowest BCUT2D eigenvalue weighted by Gasteiger charge is -2.15. The lowest BCUT2D eigenvalue weighted by atomic mass is 10.3. The quantitative estimate of drug-likeness (QED) is 0.541. The summed E-state index contributed by atoms with van der Waals surface area (Å²) in [5, 5.41) is 0. The summed E-state index contributed by atoms with van der Waals surface area (Å²) in [6, 6.07) is 3.78. The van der Waals surface area contributed by atoms with Crippen LogP contribution in [0.2, 0.25) is 0 Å². The number of ether oxygens (including phenoxy) is 1. The molecule has 0 spiro atoms. The number of hydrogen-bond acceptors (Lipinski definition) is 3. The second kappa shape index (κ2) is 5.92. The Hall–Kier alpha value is -1.69. The van der Waals surface area contributed by atoms with Gasteiger partial charge in [-0.1, -0.05) is 0 Å². The molecule has 80 valence electrons. The van der Waals surface area contributed by atoms with Crippen LogP contribution in [0.25, 0.3) is 0 Å². The molecule has 0 aliphatic carbocycles. The Morgan fingerprint density at radius 3 is 3.00 bits per heavy atom. The molecule has 1 aromatic rings. The van der Waals surface area contributed by atoms with E-state index in [2.05, 4.69) is 10.9 Å². The molecule has 0 fully saturated rings. The van der Waals surface area contributed by atoms with Crippen LogP contribution in [0.1, 0.15) is 12.8 Å². The van der Waals surface area contributed by atoms with E-state index in [0.717, 1.165) is 24.4 Å². The summed E-state index contributed by atoms with van der Waals surface area (Å²) < 4.78 is 5.60. The van der Waals surface area contributed by atoms with E-state index in [0.29, 0.717) is 6.61 Å². The highest BCUT2D eigenvalue weighted by Crippen LogP contribution is 2.23. The van der Waals surface area contributed by atoms with Crippen LogP contribution in [-0.4, -0.2) is 25.7 Å². The van der Waals surface area contributed by atoms with E-state index >= 15 is 0 Å². The van der Waals surface area contributed by atoms with Crippen LogP contribution >= 0.6 is 0 Å². The fourth-order valence-electron chi connectivity index (χ4n) is 1.19. The monoisotopic (exact) mass is 204 g/mol. The van der Waals surface area contributed by atoms with Gasteiger partial charge in [0.25, 0.3) is 0 Å². The van der Waals surface area contributed by atoms with Gasteiger partial charge in [-0.25, -0.2) is 4.98 Å². The SMILES string of the molecule is C#CCCCOc1cccnc1N(C)C. The van der Waals surface area contributed by atoms with Gasteiger partial charge < -0.3 is 9.64 Å². The molecule has 0 unspecified atom stereocenters. The molecule has 0 aliphatic heterocycles. The van der Waals surface area contributed by atoms with E-state index in [1.54, 1.807) is 6.20 Å². The molecule has 1 heterocycles. The van der Waals surface area contributed by atoms with E-state index < -0.39 is 0 Å². The number of hydrogen-bond donors (Lipinski definition) is 0. The van der Waals surface area contributed by atoms with Crippen LogP contribution in [0.5, 0.6) is 5.75 Å². The third-order valence-corrected chi connectivity index (χ3v) is 1.90. The summed E-state index contributed by atoms with van der Waals surface area (Å²) >= 11 is 0. The third kappa shape index (κ3) is 3.51. The van der Waals surface area contributed by atoms with E-state index in [1.807, 2.05) is 31.1 Å². The van der Waals surface area contributed by atoms with Crippen LogP contribution in [0.15, 0.2) is 18.3 Å². The van der Waals surface area contributed by atoms with Crippen LogP contribution in [-0.2, 0) is 0 Å². The zero-order valence-corrected chi connectivity index (χ0v) is 9.23. The van der Waals surface area contributed by atoms with Crippen molar-refractivity contribution in [2.24, 2.45) is 0 Å². The molecule has 0 radical (unpaired) electrons. The van der Waals surface area contributed by atoms with E-state index in [1.165, 1.54) is 0 Å². The van der Waals surface area contributed by atoms with E-state index in [4.69, 9.17) is 11.2 Å². The summed E-state index contributed by atoms with van der Waals surface area (Å²) in [7, 11) is 3.88. The predicted octanol–water partition coefficient (Wildman–Crippen LogP) is 1.94. The first-order valence-electron chi connectivity index (χ1n) is 4.94. The molecular formula is C12H16N2O. The molecule has 0 bridgehead atoms. The smallest absolute Gasteiger partial charge is 0.170 e. The zero-order chi connectivity index (χ0) is 11.1. The van der Waals surface area contributed by atoms with Gasteiger partial charge in [0, 0.05) is 26.7 Å². The fraction of sp³-hybridized carbons (Fsp3) is 0.417. The van der Waals surface area contributed by atoms with Crippen molar-refractivity contribution in [1.29, 1.82) is 0 Å². The van der Waals surface area contributed by atoms with E-state index in [9.17, 15) is 0 Å². The molecule has 0 N–H and O–H groups in total. The molecule has 1 rings (SSSR count). The van der Waals surface area contributed by atoms with Gasteiger partial charge in [0.15, 0.2) is 11.6 Å². The van der Waals surface area contributed by atoms with Gasteiger partial charge in [-0.2, -0.15) is 0 Å². The lowest BCUT2D eigenvalue weighted by Crippen LogP contribution is -2.12. The Morgan fingerprint density at radius 1 is 1.53 bits per heavy atom. The molecular weight excluding hydrogens is 188 g/mol. The molecule has 0 atom stereocenters. The maximum Gasteiger partial charge on any atom is 0.170 e. The van der Waals surface area contributed by atoms with Gasteiger partial charge in [0.05, 0.1) is 6.61 Å². The molecule has 15 heavy (non-hydrogen) atoms. The average molecular weight is 204 g/mol. The number of nitrogens with zero attached hydrogens (tertiary/aromatic N) is 2. The van der Waals surface area contributed by atoms with Crippen molar-refractivity contribution < 1.29 is 4.74 Å². The standard InChI is InChI=1S/C12H16N2O/c1-4-5-6-10-15-11-8-7-9-13-12(11)14(2)3/h1,7-9H,5-6,10H2,2-3H3. The summed E-state index contributed by atoms with van der Waals surface area (Å²) in [5.74, 6) is 4.24. The van der Waals surface area contributed by atoms with Gasteiger partial charge in [-0.05, 0) is 18.6 Å². The normalized spacial score (nSPS) is 9.40. The van der Waals surface area contributed by atoms with Crippen molar-refractivity contribution in [2.75, 3.05) is 25.6 Å². The predicted molar refractivity (Wildman–Crippen MR) is 62.1 cm³/mol. The van der Waals surface area contributed by atoms with E-state index in [-0.39, 0.29) is 0 Å². The highest BCUT2D eigenvalue weighted by atomic mass is 16.5. The number of terminal acetylenes is 1. The molecule has 0 amide bonds. The maximum absolute atomic E-state index is 5.60. The van der Waals surface area contributed by atoms with Gasteiger partial charge in [0.2, 0.25) is 0 Å². The molecule has 1 aromatic heterocycles. The van der Waals surface area contributed by atoms with Gasteiger partial charge >= 0.3 is 0 Å². The van der Waals surface area contributed by atoms with Crippen molar-refractivity contribution in [2.45, 2.75) is 12.8 Å². The minimum atomic E-state index is 0.636. The lowest BCUT2D eigenvalue weighted by molar-refractivity contribution is 0.312. The summed E-state index contributed by atoms with van der Waals surface area (Å²) in [6.07, 6.45) is 8.53. The largest absolute Gasteiger partial charge is 0.490 e. The number of aromatic nitrogens is 1. The van der Waals surface area contributed by atoms with Crippen molar-refractivity contribution in [3.05, 3.63) is 18.3 Å². The molecule has 3 nitrogen and oxygen atoms in total. The Balaban J connectivity index is 2.56. The maximum atomic E-state index is 5.60. The fourth-order valence-corrected chi connectivity index (χ4v) is 1.19. The van der Waals surface area contributed by atoms with Crippen LogP contribution in [0.4, 0.5) is 5.82 Å². The van der Waals surface area contributed by atoms with Crippen LogP contribution < -0.4 is 9.64 Å². The number of pyridine rings is 1. The van der Waals surface area contributed by atoms with Gasteiger partial charge in [-0.3, -0.25) is 0 Å². The molecule has 3 heteroatoms. The Labute approximate surface area is 91.1 Å². The molecule has 0 saturated carbocycles. The van der Waals surface area contributed by atoms with Crippen molar-refractivity contribution >= 4 is 5.82 Å². The average Bonchev–Trinajstić information content (AvgIpc) is 2.25. The van der Waals surface area contributed by atoms with Crippen molar-refractivity contribution in [3.8, 4) is 18.1 Å². The summed E-state index contributed by atoms with van der Waals surface area (Å²) in [4.78, 5) is 6.16. The Morgan fingerprint density at radius 2 is 2.33 bits per heavy atom. The van der Waals surface area contributed by atoms with Crippen molar-refractivity contribution in [3.63, 3.8) is 0 Å². The first-order valence-corrected chi connectivity index (χ1v) is 4.94. The van der Waals surface area contributed by atoms with Crippen molar-refractivity contribution in [1.82, 2.24) is 4.98 Å². The zero-order valence-electron chi connectivity index (χ0n) is 9.23. The third-order valence-electron chi connectivity index (χ3n) is 1.90. The first kappa shape index (κ1) is 11.4. The molecule has 0 saturated heterocycles. The van der Waals surface area contributed by atoms with Gasteiger partial charge in [0.1, 0.15) is 0 Å². The Kier molecular flexibility index (Phi) is 4.49. The highest BCUT2D eigenvalue weighted by Gasteiger charge is 2.05. The summed E-state index contributed by atoms with van der Waals surface area (Å²) in [6.45, 7) is 0.636. The minimum absolute atomic E-state index is 0.636. The van der Waals surface area contributed by atoms with Gasteiger partial charge in [-0.15, -0.1) is 12.3 Å². The topological polar surface area (TPSA) is 25.4 Å². The number of rotatable bonds is 5. The second-order valence-electron chi connectivity index (χ2n) is 3.38. The second-order valence-corrected chi connectivity index (χ2v) is 3.38. The number of unbranched alkanes of at least 4 members (excludes halogenated alkanes) is 1. The minimum Gasteiger partial charge on any atom is -0.490 e.